The number of benzene rings is 1. The van der Waals surface area contributed by atoms with Crippen molar-refractivity contribution in [1.29, 1.82) is 0 Å². The van der Waals surface area contributed by atoms with Crippen LogP contribution in [0.1, 0.15) is 16.3 Å². The number of hydrogen-bond donors (Lipinski definition) is 2. The van der Waals surface area contributed by atoms with Crippen molar-refractivity contribution in [1.82, 2.24) is 0 Å². The summed E-state index contributed by atoms with van der Waals surface area (Å²) in [4.78, 5) is 11.8. The van der Waals surface area contributed by atoms with E-state index in [0.717, 1.165) is 24.5 Å². The number of rotatable bonds is 4. The molecule has 0 radical (unpaired) electrons. The summed E-state index contributed by atoms with van der Waals surface area (Å²) in [5, 5.41) is 2.26. The molecule has 21 heavy (non-hydrogen) atoms. The fraction of sp³-hybridized carbons (Fsp3) is 0.154. The Balaban J connectivity index is 2.28. The Morgan fingerprint density at radius 3 is 2.62 bits per heavy atom. The minimum Gasteiger partial charge on any atom is -0.455 e. The van der Waals surface area contributed by atoms with Crippen molar-refractivity contribution in [2.45, 2.75) is 11.4 Å². The van der Waals surface area contributed by atoms with Crippen LogP contribution in [0.3, 0.4) is 0 Å². The highest BCUT2D eigenvalue weighted by Crippen LogP contribution is 2.20. The minimum absolute atomic E-state index is 0.0420. The first kappa shape index (κ1) is 15.2. The first-order valence-corrected chi connectivity index (χ1v) is 7.80. The predicted octanol–water partition coefficient (Wildman–Crippen LogP) is 1.53. The first-order valence-electron chi connectivity index (χ1n) is 5.91. The number of carbonyl (C=O) groups is 1. The summed E-state index contributed by atoms with van der Waals surface area (Å²) in [6.45, 7) is 0.130. The number of sulfone groups is 1. The topological polar surface area (TPSA) is 102 Å². The fourth-order valence-corrected chi connectivity index (χ4v) is 2.27. The van der Waals surface area contributed by atoms with E-state index in [1.807, 2.05) is 0 Å². The molecule has 8 heteroatoms. The lowest BCUT2D eigenvalue weighted by Crippen LogP contribution is -2.13. The van der Waals surface area contributed by atoms with E-state index in [-0.39, 0.29) is 22.9 Å². The molecule has 112 valence electrons. The lowest BCUT2D eigenvalue weighted by molar-refractivity contribution is 0.0994. The molecule has 0 saturated carbocycles. The third-order valence-corrected chi connectivity index (χ3v) is 3.81. The zero-order valence-corrected chi connectivity index (χ0v) is 11.9. The maximum atomic E-state index is 13.6. The van der Waals surface area contributed by atoms with Crippen LogP contribution < -0.4 is 11.1 Å². The largest absolute Gasteiger partial charge is 0.455 e. The highest BCUT2D eigenvalue weighted by molar-refractivity contribution is 7.90. The van der Waals surface area contributed by atoms with Gasteiger partial charge in [-0.25, -0.2) is 12.8 Å². The van der Waals surface area contributed by atoms with Crippen molar-refractivity contribution in [2.75, 3.05) is 11.6 Å². The number of nitrogens with two attached hydrogens (primary N) is 1. The number of amides is 1. The first-order chi connectivity index (χ1) is 9.81. The molecule has 1 amide bonds. The molecule has 0 aliphatic rings. The molecule has 0 spiro atoms. The molecule has 2 rings (SSSR count). The van der Waals surface area contributed by atoms with Gasteiger partial charge in [0, 0.05) is 6.26 Å². The van der Waals surface area contributed by atoms with E-state index in [2.05, 4.69) is 5.32 Å². The maximum Gasteiger partial charge on any atom is 0.291 e. The van der Waals surface area contributed by atoms with Gasteiger partial charge in [-0.2, -0.15) is 0 Å². The standard InChI is InChI=1S/C13H13FN2O4S/c1-21(18,19)9-3-4-10(14)11(6-9)16-13(17)12-5-2-8(7-15)20-12/h2-6H,7,15H2,1H3,(H,16,17). The number of nitrogens with one attached hydrogen (secondary N) is 1. The van der Waals surface area contributed by atoms with Gasteiger partial charge in [0.15, 0.2) is 15.6 Å². The van der Waals surface area contributed by atoms with Crippen molar-refractivity contribution in [3.63, 3.8) is 0 Å². The molecule has 1 heterocycles. The number of halogens is 1. The molecule has 0 fully saturated rings. The molecule has 6 nitrogen and oxygen atoms in total. The summed E-state index contributed by atoms with van der Waals surface area (Å²) < 4.78 is 41.6. The normalized spacial score (nSPS) is 11.4. The van der Waals surface area contributed by atoms with Gasteiger partial charge in [0.25, 0.3) is 5.91 Å². The second kappa shape index (κ2) is 5.66. The van der Waals surface area contributed by atoms with E-state index in [9.17, 15) is 17.6 Å². The predicted molar refractivity (Wildman–Crippen MR) is 74.1 cm³/mol. The molecule has 0 unspecified atom stereocenters. The third kappa shape index (κ3) is 3.47. The van der Waals surface area contributed by atoms with Crippen LogP contribution in [0.25, 0.3) is 0 Å². The molecule has 0 bridgehead atoms. The monoisotopic (exact) mass is 312 g/mol. The number of carbonyl (C=O) groups excluding carboxylic acids is 1. The molecular formula is C13H13FN2O4S. The highest BCUT2D eigenvalue weighted by Gasteiger charge is 2.16. The number of furan rings is 1. The average Bonchev–Trinajstić information content (AvgIpc) is 2.88. The van der Waals surface area contributed by atoms with Crippen LogP contribution in [0.5, 0.6) is 0 Å². The van der Waals surface area contributed by atoms with Crippen molar-refractivity contribution < 1.29 is 22.0 Å². The average molecular weight is 312 g/mol. The van der Waals surface area contributed by atoms with Crippen LogP contribution in [0.15, 0.2) is 39.6 Å². The molecule has 1 aromatic carbocycles. The zero-order valence-electron chi connectivity index (χ0n) is 11.1. The van der Waals surface area contributed by atoms with Crippen LogP contribution in [0.4, 0.5) is 10.1 Å². The molecule has 3 N–H and O–H groups in total. The van der Waals surface area contributed by atoms with Gasteiger partial charge in [-0.3, -0.25) is 4.79 Å². The van der Waals surface area contributed by atoms with Gasteiger partial charge in [-0.05, 0) is 30.3 Å². The Morgan fingerprint density at radius 1 is 1.33 bits per heavy atom. The van der Waals surface area contributed by atoms with Crippen molar-refractivity contribution in [3.8, 4) is 0 Å². The van der Waals surface area contributed by atoms with Gasteiger partial charge in [0.1, 0.15) is 11.6 Å². The number of anilines is 1. The van der Waals surface area contributed by atoms with E-state index < -0.39 is 21.6 Å². The van der Waals surface area contributed by atoms with Crippen LogP contribution in [0.2, 0.25) is 0 Å². The Morgan fingerprint density at radius 2 is 2.05 bits per heavy atom. The minimum atomic E-state index is -3.50. The number of hydrogen-bond acceptors (Lipinski definition) is 5. The molecule has 1 aromatic heterocycles. The second-order valence-corrected chi connectivity index (χ2v) is 6.35. The lowest BCUT2D eigenvalue weighted by atomic mass is 10.3. The van der Waals surface area contributed by atoms with Gasteiger partial charge in [0.2, 0.25) is 0 Å². The van der Waals surface area contributed by atoms with Crippen molar-refractivity contribution >= 4 is 21.4 Å². The van der Waals surface area contributed by atoms with E-state index in [0.29, 0.717) is 5.76 Å². The molecule has 0 saturated heterocycles. The van der Waals surface area contributed by atoms with E-state index >= 15 is 0 Å². The maximum absolute atomic E-state index is 13.6. The van der Waals surface area contributed by atoms with E-state index in [4.69, 9.17) is 10.2 Å². The summed E-state index contributed by atoms with van der Waals surface area (Å²) in [5.74, 6) is -1.08. The molecule has 0 atom stereocenters. The summed E-state index contributed by atoms with van der Waals surface area (Å²) >= 11 is 0. The van der Waals surface area contributed by atoms with Gasteiger partial charge in [-0.15, -0.1) is 0 Å². The SMILES string of the molecule is CS(=O)(=O)c1ccc(F)c(NC(=O)c2ccc(CN)o2)c1. The quantitative estimate of drug-likeness (QED) is 0.834. The van der Waals surface area contributed by atoms with Crippen LogP contribution in [0, 0.1) is 5.82 Å². The molecule has 0 aliphatic heterocycles. The van der Waals surface area contributed by atoms with Gasteiger partial charge < -0.3 is 15.5 Å². The van der Waals surface area contributed by atoms with Crippen LogP contribution >= 0.6 is 0 Å². The summed E-state index contributed by atoms with van der Waals surface area (Å²) in [7, 11) is -3.50. The second-order valence-electron chi connectivity index (χ2n) is 4.34. The summed E-state index contributed by atoms with van der Waals surface area (Å²) in [6, 6.07) is 6.07. The van der Waals surface area contributed by atoms with Crippen LogP contribution in [-0.4, -0.2) is 20.6 Å². The smallest absolute Gasteiger partial charge is 0.291 e. The Labute approximate surface area is 120 Å². The zero-order chi connectivity index (χ0) is 15.6. The summed E-state index contributed by atoms with van der Waals surface area (Å²) in [6.07, 6.45) is 0.992. The Kier molecular flexibility index (Phi) is 4.10. The molecular weight excluding hydrogens is 299 g/mol. The van der Waals surface area contributed by atoms with Crippen molar-refractivity contribution in [2.24, 2.45) is 5.73 Å². The summed E-state index contributed by atoms with van der Waals surface area (Å²) in [5.41, 5.74) is 5.11. The third-order valence-electron chi connectivity index (χ3n) is 2.70. The molecule has 2 aromatic rings. The van der Waals surface area contributed by atoms with Gasteiger partial charge in [-0.1, -0.05) is 0 Å². The highest BCUT2D eigenvalue weighted by atomic mass is 32.2. The molecule has 0 aliphatic carbocycles. The lowest BCUT2D eigenvalue weighted by Gasteiger charge is -2.07. The van der Waals surface area contributed by atoms with Crippen LogP contribution in [-0.2, 0) is 16.4 Å². The van der Waals surface area contributed by atoms with Crippen molar-refractivity contribution in [3.05, 3.63) is 47.7 Å². The van der Waals surface area contributed by atoms with Gasteiger partial charge in [0.05, 0.1) is 17.1 Å². The van der Waals surface area contributed by atoms with Gasteiger partial charge >= 0.3 is 0 Å². The Hall–Kier alpha value is -2.19. The fourth-order valence-electron chi connectivity index (χ4n) is 1.62. The van der Waals surface area contributed by atoms with E-state index in [1.54, 1.807) is 0 Å². The Bertz CT molecular complexity index is 783. The van der Waals surface area contributed by atoms with E-state index in [1.165, 1.54) is 12.1 Å².